The second-order valence-electron chi connectivity index (χ2n) is 4.28. The molecule has 1 aromatic rings. The average molecular weight is 381 g/mol. The largest absolute Gasteiger partial charge is 0.469 e. The highest BCUT2D eigenvalue weighted by molar-refractivity contribution is 14.0. The SMILES string of the molecule is COCCN=C(NCCc1ccco1)NC(C)C.I. The Kier molecular flexibility index (Phi) is 10.7. The summed E-state index contributed by atoms with van der Waals surface area (Å²) in [6.07, 6.45) is 2.53. The van der Waals surface area contributed by atoms with E-state index in [1.807, 2.05) is 12.1 Å². The maximum atomic E-state index is 5.27. The van der Waals surface area contributed by atoms with E-state index in [4.69, 9.17) is 9.15 Å². The second kappa shape index (κ2) is 11.1. The van der Waals surface area contributed by atoms with Crippen molar-refractivity contribution in [1.82, 2.24) is 10.6 Å². The first kappa shape index (κ1) is 18.2. The molecule has 1 heterocycles. The Morgan fingerprint density at radius 1 is 1.47 bits per heavy atom. The number of hydrogen-bond donors (Lipinski definition) is 2. The minimum Gasteiger partial charge on any atom is -0.469 e. The van der Waals surface area contributed by atoms with Gasteiger partial charge >= 0.3 is 0 Å². The van der Waals surface area contributed by atoms with Crippen LogP contribution in [0.25, 0.3) is 0 Å². The van der Waals surface area contributed by atoms with Crippen LogP contribution in [-0.2, 0) is 11.2 Å². The van der Waals surface area contributed by atoms with E-state index in [0.29, 0.717) is 19.2 Å². The lowest BCUT2D eigenvalue weighted by Gasteiger charge is -2.14. The molecule has 0 saturated carbocycles. The highest BCUT2D eigenvalue weighted by Crippen LogP contribution is 1.99. The molecule has 0 aliphatic carbocycles. The fourth-order valence-corrected chi connectivity index (χ4v) is 1.43. The Labute approximate surface area is 132 Å². The van der Waals surface area contributed by atoms with Gasteiger partial charge < -0.3 is 19.8 Å². The number of guanidine groups is 1. The maximum absolute atomic E-state index is 5.27. The molecule has 0 aromatic carbocycles. The lowest BCUT2D eigenvalue weighted by Crippen LogP contribution is -2.42. The Hall–Kier alpha value is -0.760. The molecule has 0 atom stereocenters. The summed E-state index contributed by atoms with van der Waals surface area (Å²) in [5, 5.41) is 6.54. The number of ether oxygens (including phenoxy) is 1. The number of aliphatic imine (C=N–C) groups is 1. The molecule has 0 unspecified atom stereocenters. The van der Waals surface area contributed by atoms with Gasteiger partial charge in [0.05, 0.1) is 19.4 Å². The third-order valence-corrected chi connectivity index (χ3v) is 2.23. The fraction of sp³-hybridized carbons (Fsp3) is 0.615. The summed E-state index contributed by atoms with van der Waals surface area (Å²) in [4.78, 5) is 4.41. The lowest BCUT2D eigenvalue weighted by atomic mass is 10.3. The minimum atomic E-state index is 0. The number of hydrogen-bond acceptors (Lipinski definition) is 3. The van der Waals surface area contributed by atoms with Crippen molar-refractivity contribution < 1.29 is 9.15 Å². The molecule has 0 aliphatic heterocycles. The zero-order chi connectivity index (χ0) is 13.2. The third kappa shape index (κ3) is 8.88. The summed E-state index contributed by atoms with van der Waals surface area (Å²) in [7, 11) is 1.68. The molecule has 1 rings (SSSR count). The van der Waals surface area contributed by atoms with E-state index in [9.17, 15) is 0 Å². The van der Waals surface area contributed by atoms with Gasteiger partial charge in [-0.3, -0.25) is 4.99 Å². The van der Waals surface area contributed by atoms with Crippen LogP contribution in [0.3, 0.4) is 0 Å². The van der Waals surface area contributed by atoms with E-state index in [1.165, 1.54) is 0 Å². The average Bonchev–Trinajstić information content (AvgIpc) is 2.81. The van der Waals surface area contributed by atoms with E-state index in [1.54, 1.807) is 13.4 Å². The van der Waals surface area contributed by atoms with Crippen molar-refractivity contribution in [2.24, 2.45) is 4.99 Å². The molecule has 0 spiro atoms. The first-order valence-corrected chi connectivity index (χ1v) is 6.28. The summed E-state index contributed by atoms with van der Waals surface area (Å²) in [5.41, 5.74) is 0. The lowest BCUT2D eigenvalue weighted by molar-refractivity contribution is 0.208. The van der Waals surface area contributed by atoms with Gasteiger partial charge in [-0.05, 0) is 26.0 Å². The van der Waals surface area contributed by atoms with Crippen molar-refractivity contribution in [3.63, 3.8) is 0 Å². The molecular weight excluding hydrogens is 357 g/mol. The van der Waals surface area contributed by atoms with E-state index >= 15 is 0 Å². The minimum absolute atomic E-state index is 0. The molecule has 0 aliphatic rings. The molecule has 5 nitrogen and oxygen atoms in total. The standard InChI is InChI=1S/C13H23N3O2.HI/c1-11(2)16-13(15-8-10-17-3)14-7-6-12-5-4-9-18-12;/h4-5,9,11H,6-8,10H2,1-3H3,(H2,14,15,16);1H. The van der Waals surface area contributed by atoms with Crippen LogP contribution in [0.15, 0.2) is 27.8 Å². The van der Waals surface area contributed by atoms with Gasteiger partial charge in [-0.25, -0.2) is 0 Å². The van der Waals surface area contributed by atoms with E-state index < -0.39 is 0 Å². The first-order chi connectivity index (χ1) is 8.72. The third-order valence-electron chi connectivity index (χ3n) is 2.23. The Morgan fingerprint density at radius 3 is 2.84 bits per heavy atom. The van der Waals surface area contributed by atoms with Crippen molar-refractivity contribution in [2.75, 3.05) is 26.8 Å². The molecule has 1 aromatic heterocycles. The molecule has 0 bridgehead atoms. The van der Waals surface area contributed by atoms with Crippen LogP contribution in [0.4, 0.5) is 0 Å². The van der Waals surface area contributed by atoms with Crippen LogP contribution in [0.2, 0.25) is 0 Å². The van der Waals surface area contributed by atoms with Gasteiger partial charge in [-0.15, -0.1) is 24.0 Å². The van der Waals surface area contributed by atoms with Crippen LogP contribution in [0.1, 0.15) is 19.6 Å². The summed E-state index contributed by atoms with van der Waals surface area (Å²) in [6.45, 7) is 6.24. The molecule has 0 radical (unpaired) electrons. The predicted octanol–water partition coefficient (Wildman–Crippen LogP) is 2.03. The van der Waals surface area contributed by atoms with Gasteiger partial charge in [-0.1, -0.05) is 0 Å². The van der Waals surface area contributed by atoms with Crippen LogP contribution >= 0.6 is 24.0 Å². The van der Waals surface area contributed by atoms with Gasteiger partial charge in [0, 0.05) is 26.1 Å². The van der Waals surface area contributed by atoms with Crippen LogP contribution in [0, 0.1) is 0 Å². The molecule has 0 fully saturated rings. The maximum Gasteiger partial charge on any atom is 0.191 e. The van der Waals surface area contributed by atoms with Crippen molar-refractivity contribution in [3.05, 3.63) is 24.2 Å². The monoisotopic (exact) mass is 381 g/mol. The number of nitrogens with one attached hydrogen (secondary N) is 2. The zero-order valence-corrected chi connectivity index (χ0v) is 14.1. The number of halogens is 1. The molecule has 2 N–H and O–H groups in total. The fourth-order valence-electron chi connectivity index (χ4n) is 1.43. The quantitative estimate of drug-likeness (QED) is 0.329. The Bertz CT molecular complexity index is 340. The molecule has 0 amide bonds. The summed E-state index contributed by atoms with van der Waals surface area (Å²) >= 11 is 0. The number of nitrogens with zero attached hydrogens (tertiary/aromatic N) is 1. The first-order valence-electron chi connectivity index (χ1n) is 6.28. The van der Waals surface area contributed by atoms with Crippen LogP contribution in [-0.4, -0.2) is 38.8 Å². The van der Waals surface area contributed by atoms with Crippen molar-refractivity contribution in [3.8, 4) is 0 Å². The van der Waals surface area contributed by atoms with Crippen molar-refractivity contribution >= 4 is 29.9 Å². The molecule has 6 heteroatoms. The Morgan fingerprint density at radius 2 is 2.26 bits per heavy atom. The summed E-state index contributed by atoms with van der Waals surface area (Å²) < 4.78 is 10.3. The van der Waals surface area contributed by atoms with Gasteiger partial charge in [-0.2, -0.15) is 0 Å². The van der Waals surface area contributed by atoms with Gasteiger partial charge in [0.15, 0.2) is 5.96 Å². The molecule has 19 heavy (non-hydrogen) atoms. The van der Waals surface area contributed by atoms with Crippen molar-refractivity contribution in [1.29, 1.82) is 0 Å². The van der Waals surface area contributed by atoms with Crippen molar-refractivity contribution in [2.45, 2.75) is 26.3 Å². The van der Waals surface area contributed by atoms with Gasteiger partial charge in [0.2, 0.25) is 0 Å². The molecule has 0 saturated heterocycles. The number of furan rings is 1. The molecular formula is C13H24IN3O2. The normalized spacial score (nSPS) is 11.3. The zero-order valence-electron chi connectivity index (χ0n) is 11.8. The summed E-state index contributed by atoms with van der Waals surface area (Å²) in [6, 6.07) is 4.22. The smallest absolute Gasteiger partial charge is 0.191 e. The highest BCUT2D eigenvalue weighted by Gasteiger charge is 2.01. The van der Waals surface area contributed by atoms with E-state index in [2.05, 4.69) is 29.5 Å². The van der Waals surface area contributed by atoms with Crippen LogP contribution < -0.4 is 10.6 Å². The Balaban J connectivity index is 0.00000324. The topological polar surface area (TPSA) is 58.8 Å². The van der Waals surface area contributed by atoms with Gasteiger partial charge in [0.25, 0.3) is 0 Å². The predicted molar refractivity (Wildman–Crippen MR) is 88.3 cm³/mol. The highest BCUT2D eigenvalue weighted by atomic mass is 127. The molecule has 110 valence electrons. The number of rotatable bonds is 7. The summed E-state index contributed by atoms with van der Waals surface area (Å²) in [5.74, 6) is 1.79. The van der Waals surface area contributed by atoms with E-state index in [-0.39, 0.29) is 24.0 Å². The number of methoxy groups -OCH3 is 1. The second-order valence-corrected chi connectivity index (χ2v) is 4.28. The van der Waals surface area contributed by atoms with Gasteiger partial charge in [0.1, 0.15) is 5.76 Å². The van der Waals surface area contributed by atoms with Crippen LogP contribution in [0.5, 0.6) is 0 Å². The van der Waals surface area contributed by atoms with E-state index in [0.717, 1.165) is 24.7 Å².